The molecule has 1 saturated carbocycles. The molecule has 1 aliphatic rings. The van der Waals surface area contributed by atoms with Crippen molar-refractivity contribution in [2.24, 2.45) is 7.05 Å². The van der Waals surface area contributed by atoms with E-state index in [4.69, 9.17) is 16.1 Å². The van der Waals surface area contributed by atoms with Crippen molar-refractivity contribution in [2.45, 2.75) is 31.2 Å². The highest BCUT2D eigenvalue weighted by Crippen LogP contribution is 2.46. The largest absolute Gasteiger partial charge is 0.337 e. The lowest BCUT2D eigenvalue weighted by Gasteiger charge is -2.33. The fourth-order valence-electron chi connectivity index (χ4n) is 3.69. The summed E-state index contributed by atoms with van der Waals surface area (Å²) in [5, 5.41) is 4.87. The number of nitrogens with zero attached hydrogens (tertiary/aromatic N) is 6. The van der Waals surface area contributed by atoms with E-state index in [1.54, 1.807) is 17.9 Å². The van der Waals surface area contributed by atoms with Gasteiger partial charge in [0.2, 0.25) is 5.89 Å². The molecule has 4 aromatic rings. The minimum atomic E-state index is -0.186. The van der Waals surface area contributed by atoms with Crippen LogP contribution in [0.2, 0.25) is 5.02 Å². The molecule has 28 heavy (non-hydrogen) atoms. The molecule has 1 aliphatic carbocycles. The zero-order chi connectivity index (χ0) is 19.3. The molecule has 3 heterocycles. The molecule has 8 nitrogen and oxygen atoms in total. The fourth-order valence-corrected chi connectivity index (χ4v) is 3.89. The molecule has 0 N–H and O–H groups in total. The van der Waals surface area contributed by atoms with Gasteiger partial charge in [-0.15, -0.1) is 0 Å². The van der Waals surface area contributed by atoms with Crippen LogP contribution in [0, 0.1) is 0 Å². The number of aryl methyl sites for hydroxylation is 1. The second kappa shape index (κ2) is 6.56. The highest BCUT2D eigenvalue weighted by Gasteiger charge is 2.34. The Bertz CT molecular complexity index is 1220. The van der Waals surface area contributed by atoms with Gasteiger partial charge in [-0.05, 0) is 36.5 Å². The predicted molar refractivity (Wildman–Crippen MR) is 102 cm³/mol. The maximum atomic E-state index is 12.6. The number of hydrogen-bond donors (Lipinski definition) is 0. The van der Waals surface area contributed by atoms with Crippen LogP contribution in [0.15, 0.2) is 46.2 Å². The van der Waals surface area contributed by atoms with Crippen LogP contribution < -0.4 is 5.56 Å². The van der Waals surface area contributed by atoms with Crippen molar-refractivity contribution in [3.8, 4) is 0 Å². The van der Waals surface area contributed by atoms with E-state index in [9.17, 15) is 4.79 Å². The van der Waals surface area contributed by atoms with Gasteiger partial charge in [0.1, 0.15) is 12.9 Å². The van der Waals surface area contributed by atoms with E-state index >= 15 is 0 Å². The summed E-state index contributed by atoms with van der Waals surface area (Å²) in [4.78, 5) is 25.4. The van der Waals surface area contributed by atoms with Gasteiger partial charge in [0, 0.05) is 18.0 Å². The average Bonchev–Trinajstić information content (AvgIpc) is 3.24. The van der Waals surface area contributed by atoms with Crippen molar-refractivity contribution in [3.05, 3.63) is 69.6 Å². The lowest BCUT2D eigenvalue weighted by molar-refractivity contribution is 0.315. The summed E-state index contributed by atoms with van der Waals surface area (Å²) in [6.45, 7) is 0.185. The van der Waals surface area contributed by atoms with Gasteiger partial charge in [-0.3, -0.25) is 9.36 Å². The maximum Gasteiger partial charge on any atom is 0.280 e. The third-order valence-electron chi connectivity index (χ3n) is 5.31. The Morgan fingerprint density at radius 3 is 2.86 bits per heavy atom. The SMILES string of the molecule is Cn1cnc2ncn(Cc3nc([C@H]4C[C@H](c5cccc(Cl)c5)C4)no3)c(=O)c21. The van der Waals surface area contributed by atoms with E-state index in [1.165, 1.54) is 16.5 Å². The number of fused-ring (bicyclic) bond motifs is 1. The lowest BCUT2D eigenvalue weighted by atomic mass is 9.71. The van der Waals surface area contributed by atoms with Crippen LogP contribution in [-0.2, 0) is 13.6 Å². The zero-order valence-electron chi connectivity index (χ0n) is 15.1. The highest BCUT2D eigenvalue weighted by atomic mass is 35.5. The van der Waals surface area contributed by atoms with Gasteiger partial charge in [0.05, 0.1) is 6.33 Å². The molecule has 0 aliphatic heterocycles. The molecular weight excluding hydrogens is 380 g/mol. The quantitative estimate of drug-likeness (QED) is 0.526. The summed E-state index contributed by atoms with van der Waals surface area (Å²) in [6.07, 6.45) is 4.95. The Kier molecular flexibility index (Phi) is 4.01. The van der Waals surface area contributed by atoms with Crippen LogP contribution in [0.1, 0.15) is 42.0 Å². The summed E-state index contributed by atoms with van der Waals surface area (Å²) in [5.41, 5.74) is 1.94. The Hall–Kier alpha value is -3.00. The van der Waals surface area contributed by atoms with E-state index in [0.29, 0.717) is 28.8 Å². The van der Waals surface area contributed by atoms with Gasteiger partial charge >= 0.3 is 0 Å². The summed E-state index contributed by atoms with van der Waals surface area (Å²) in [6, 6.07) is 7.97. The Labute approximate surface area is 164 Å². The van der Waals surface area contributed by atoms with E-state index in [-0.39, 0.29) is 18.0 Å². The van der Waals surface area contributed by atoms with Crippen molar-refractivity contribution in [1.82, 2.24) is 29.2 Å². The normalized spacial score (nSPS) is 19.1. The van der Waals surface area contributed by atoms with Crippen LogP contribution in [-0.4, -0.2) is 29.2 Å². The van der Waals surface area contributed by atoms with Crippen LogP contribution in [0.5, 0.6) is 0 Å². The third-order valence-corrected chi connectivity index (χ3v) is 5.55. The Balaban J connectivity index is 1.31. The Morgan fingerprint density at radius 2 is 2.04 bits per heavy atom. The third kappa shape index (κ3) is 2.90. The van der Waals surface area contributed by atoms with Gasteiger partial charge in [-0.2, -0.15) is 4.98 Å². The molecule has 0 bridgehead atoms. The number of benzene rings is 1. The van der Waals surface area contributed by atoms with Crippen molar-refractivity contribution in [3.63, 3.8) is 0 Å². The van der Waals surface area contributed by atoms with E-state index in [0.717, 1.165) is 17.9 Å². The van der Waals surface area contributed by atoms with E-state index in [2.05, 4.69) is 26.2 Å². The number of imidazole rings is 1. The lowest BCUT2D eigenvalue weighted by Crippen LogP contribution is -2.23. The van der Waals surface area contributed by atoms with Crippen molar-refractivity contribution in [1.29, 1.82) is 0 Å². The second-order valence-corrected chi connectivity index (χ2v) is 7.61. The summed E-state index contributed by atoms with van der Waals surface area (Å²) in [7, 11) is 1.76. The van der Waals surface area contributed by atoms with Gasteiger partial charge in [0.25, 0.3) is 5.56 Å². The second-order valence-electron chi connectivity index (χ2n) is 7.17. The summed E-state index contributed by atoms with van der Waals surface area (Å²) >= 11 is 6.08. The minimum Gasteiger partial charge on any atom is -0.337 e. The van der Waals surface area contributed by atoms with E-state index in [1.807, 2.05) is 18.2 Å². The topological polar surface area (TPSA) is 91.6 Å². The molecule has 142 valence electrons. The first-order chi connectivity index (χ1) is 13.6. The van der Waals surface area contributed by atoms with Gasteiger partial charge < -0.3 is 9.09 Å². The molecule has 0 unspecified atom stereocenters. The summed E-state index contributed by atoms with van der Waals surface area (Å²) < 4.78 is 8.48. The molecule has 0 atom stereocenters. The molecule has 1 aromatic carbocycles. The Morgan fingerprint density at radius 1 is 1.21 bits per heavy atom. The van der Waals surface area contributed by atoms with Gasteiger partial charge in [0.15, 0.2) is 17.0 Å². The standard InChI is InChI=1S/C19H17ClN6O2/c1-25-9-21-18-16(25)19(27)26(10-22-18)8-15-23-17(24-28-15)13-5-12(6-13)11-3-2-4-14(20)7-11/h2-4,7,9-10,12-13H,5-6,8H2,1H3/t12-,13-. The molecular formula is C19H17ClN6O2. The first-order valence-electron chi connectivity index (χ1n) is 9.03. The maximum absolute atomic E-state index is 12.6. The summed E-state index contributed by atoms with van der Waals surface area (Å²) in [5.74, 6) is 1.81. The smallest absolute Gasteiger partial charge is 0.280 e. The van der Waals surface area contributed by atoms with Crippen LogP contribution in [0.25, 0.3) is 11.2 Å². The van der Waals surface area contributed by atoms with Crippen molar-refractivity contribution >= 4 is 22.8 Å². The number of hydrogen-bond acceptors (Lipinski definition) is 6. The molecule has 9 heteroatoms. The minimum absolute atomic E-state index is 0.185. The predicted octanol–water partition coefficient (Wildman–Crippen LogP) is 2.88. The van der Waals surface area contributed by atoms with Crippen molar-refractivity contribution in [2.75, 3.05) is 0 Å². The number of rotatable bonds is 4. The van der Waals surface area contributed by atoms with Gasteiger partial charge in [-0.25, -0.2) is 9.97 Å². The molecule has 5 rings (SSSR count). The molecule has 0 spiro atoms. The van der Waals surface area contributed by atoms with Crippen LogP contribution in [0.4, 0.5) is 0 Å². The van der Waals surface area contributed by atoms with E-state index < -0.39 is 0 Å². The zero-order valence-corrected chi connectivity index (χ0v) is 15.9. The molecule has 0 amide bonds. The number of halogens is 1. The number of aromatic nitrogens is 6. The highest BCUT2D eigenvalue weighted by molar-refractivity contribution is 6.30. The van der Waals surface area contributed by atoms with Gasteiger partial charge in [-0.1, -0.05) is 28.9 Å². The van der Waals surface area contributed by atoms with Crippen LogP contribution in [0.3, 0.4) is 0 Å². The molecule has 1 fully saturated rings. The molecule has 0 radical (unpaired) electrons. The first kappa shape index (κ1) is 17.1. The molecule has 3 aromatic heterocycles. The van der Waals surface area contributed by atoms with Crippen molar-refractivity contribution < 1.29 is 4.52 Å². The first-order valence-corrected chi connectivity index (χ1v) is 9.40. The fraction of sp³-hybridized carbons (Fsp3) is 0.316. The van der Waals surface area contributed by atoms with Crippen LogP contribution >= 0.6 is 11.6 Å². The molecule has 0 saturated heterocycles. The monoisotopic (exact) mass is 396 g/mol. The average molecular weight is 397 g/mol.